The molecule has 0 aromatic heterocycles. The molecule has 1 saturated carbocycles. The highest BCUT2D eigenvalue weighted by Gasteiger charge is 2.67. The lowest BCUT2D eigenvalue weighted by Gasteiger charge is -2.12. The van der Waals surface area contributed by atoms with Gasteiger partial charge in [-0.3, -0.25) is 9.59 Å². The van der Waals surface area contributed by atoms with Crippen molar-refractivity contribution >= 4 is 87.0 Å². The Hall–Kier alpha value is -2.35. The predicted octanol–water partition coefficient (Wildman–Crippen LogP) is 8.50. The van der Waals surface area contributed by atoms with Gasteiger partial charge in [-0.2, -0.15) is 0 Å². The maximum Gasteiger partial charge on any atom is 0.257 e. The number of rotatable bonds is 6. The van der Waals surface area contributed by atoms with E-state index in [1.54, 1.807) is 18.2 Å². The lowest BCUT2D eigenvalue weighted by Crippen LogP contribution is -2.18. The van der Waals surface area contributed by atoms with Gasteiger partial charge in [0, 0.05) is 27.2 Å². The van der Waals surface area contributed by atoms with Gasteiger partial charge in [0.25, 0.3) is 5.91 Å². The summed E-state index contributed by atoms with van der Waals surface area (Å²) in [5.74, 6) is -4.21. The first-order chi connectivity index (χ1) is 16.9. The van der Waals surface area contributed by atoms with Crippen LogP contribution in [0.25, 0.3) is 5.83 Å². The Kier molecular flexibility index (Phi) is 7.56. The summed E-state index contributed by atoms with van der Waals surface area (Å²) in [5, 5.41) is 5.97. The lowest BCUT2D eigenvalue weighted by molar-refractivity contribution is -0.117. The van der Waals surface area contributed by atoms with E-state index in [2.05, 4.69) is 17.2 Å². The van der Waals surface area contributed by atoms with Crippen molar-refractivity contribution in [3.05, 3.63) is 98.8 Å². The molecule has 1 fully saturated rings. The third-order valence-corrected chi connectivity index (χ3v) is 7.29. The first-order valence-electron chi connectivity index (χ1n) is 10.3. The zero-order chi connectivity index (χ0) is 26.4. The fourth-order valence-electron chi connectivity index (χ4n) is 3.86. The first-order valence-corrected chi connectivity index (χ1v) is 12.2. The highest BCUT2D eigenvalue weighted by molar-refractivity contribution is 6.53. The molecule has 11 heteroatoms. The maximum atomic E-state index is 13.7. The molecule has 0 aliphatic heterocycles. The van der Waals surface area contributed by atoms with Crippen LogP contribution in [0.3, 0.4) is 0 Å². The van der Waals surface area contributed by atoms with Gasteiger partial charge < -0.3 is 10.6 Å². The van der Waals surface area contributed by atoms with Gasteiger partial charge in [-0.15, -0.1) is 23.2 Å². The molecule has 1 aliphatic carbocycles. The van der Waals surface area contributed by atoms with Crippen molar-refractivity contribution in [1.82, 2.24) is 0 Å². The summed E-state index contributed by atoms with van der Waals surface area (Å²) < 4.78 is 25.8. The molecule has 3 aromatic rings. The van der Waals surface area contributed by atoms with Crippen molar-refractivity contribution in [3.8, 4) is 0 Å². The summed E-state index contributed by atoms with van der Waals surface area (Å²) in [7, 11) is 0. The average Bonchev–Trinajstić information content (AvgIpc) is 3.37. The van der Waals surface area contributed by atoms with E-state index in [4.69, 9.17) is 58.0 Å². The Balaban J connectivity index is 1.53. The van der Waals surface area contributed by atoms with E-state index in [9.17, 15) is 18.4 Å². The van der Waals surface area contributed by atoms with Gasteiger partial charge in [0.2, 0.25) is 5.91 Å². The standard InChI is InChI=1S/C25H15Cl5F2N2O2/c1-11(31)17-9-15(32)2-5-20(17)34-23(35)18-10-16(3-4-19(18)28)33-24(36)22-21(25(22,29)30)12-6-13(26)8-14(27)7-12/h2-10,21-22H,1H2,(H,33,36)(H,34,35)/t21-,22+/m0/s1. The molecule has 3 aromatic carbocycles. The smallest absolute Gasteiger partial charge is 0.257 e. The van der Waals surface area contributed by atoms with E-state index in [-0.39, 0.29) is 27.5 Å². The number of hydrogen-bond donors (Lipinski definition) is 2. The molecule has 0 saturated heterocycles. The Labute approximate surface area is 230 Å². The van der Waals surface area contributed by atoms with Crippen LogP contribution < -0.4 is 10.6 Å². The summed E-state index contributed by atoms with van der Waals surface area (Å²) in [6, 6.07) is 12.2. The SMILES string of the molecule is C=C(F)c1cc(F)ccc1NC(=O)c1cc(NC(=O)[C@H]2[C@H](c3cc(Cl)cc(Cl)c3)C2(Cl)Cl)ccc1Cl. The third kappa shape index (κ3) is 5.48. The lowest BCUT2D eigenvalue weighted by atomic mass is 10.1. The molecule has 0 heterocycles. The molecule has 0 bridgehead atoms. The van der Waals surface area contributed by atoms with Gasteiger partial charge in [0.15, 0.2) is 0 Å². The summed E-state index contributed by atoms with van der Waals surface area (Å²) in [6.45, 7) is 3.15. The van der Waals surface area contributed by atoms with E-state index < -0.39 is 39.6 Å². The predicted molar refractivity (Wildman–Crippen MR) is 142 cm³/mol. The minimum atomic E-state index is -1.39. The van der Waals surface area contributed by atoms with Crippen LogP contribution in [0.15, 0.2) is 61.2 Å². The van der Waals surface area contributed by atoms with Gasteiger partial charge in [-0.1, -0.05) is 41.4 Å². The molecule has 2 atom stereocenters. The van der Waals surface area contributed by atoms with Crippen LogP contribution in [0.2, 0.25) is 15.1 Å². The Morgan fingerprint density at radius 1 is 0.889 bits per heavy atom. The minimum absolute atomic E-state index is 0.00512. The molecule has 36 heavy (non-hydrogen) atoms. The number of carbonyl (C=O) groups excluding carboxylic acids is 2. The summed E-state index contributed by atoms with van der Waals surface area (Å²) >= 11 is 31.1. The van der Waals surface area contributed by atoms with Crippen LogP contribution in [-0.4, -0.2) is 16.1 Å². The van der Waals surface area contributed by atoms with Crippen molar-refractivity contribution in [2.45, 2.75) is 10.3 Å². The molecular formula is C25H15Cl5F2N2O2. The second-order valence-corrected chi connectivity index (χ2v) is 10.8. The van der Waals surface area contributed by atoms with E-state index in [0.717, 1.165) is 12.1 Å². The fraction of sp³-hybridized carbons (Fsp3) is 0.120. The quantitative estimate of drug-likeness (QED) is 0.283. The van der Waals surface area contributed by atoms with E-state index in [1.807, 2.05) is 0 Å². The van der Waals surface area contributed by atoms with Crippen LogP contribution in [0, 0.1) is 11.7 Å². The zero-order valence-electron chi connectivity index (χ0n) is 18.0. The summed E-state index contributed by atoms with van der Waals surface area (Å²) in [4.78, 5) is 25.8. The second-order valence-electron chi connectivity index (χ2n) is 8.07. The number of nitrogens with one attached hydrogen (secondary N) is 2. The number of hydrogen-bond acceptors (Lipinski definition) is 2. The number of anilines is 2. The van der Waals surface area contributed by atoms with Crippen LogP contribution in [0.5, 0.6) is 0 Å². The van der Waals surface area contributed by atoms with Crippen LogP contribution in [-0.2, 0) is 4.79 Å². The highest BCUT2D eigenvalue weighted by Crippen LogP contribution is 2.65. The monoisotopic (exact) mass is 588 g/mol. The van der Waals surface area contributed by atoms with Gasteiger partial charge >= 0.3 is 0 Å². The van der Waals surface area contributed by atoms with E-state index >= 15 is 0 Å². The molecular weight excluding hydrogens is 576 g/mol. The van der Waals surface area contributed by atoms with Crippen LogP contribution >= 0.6 is 58.0 Å². The van der Waals surface area contributed by atoms with Crippen molar-refractivity contribution in [1.29, 1.82) is 0 Å². The minimum Gasteiger partial charge on any atom is -0.326 e. The molecule has 4 nitrogen and oxygen atoms in total. The normalized spacial score (nSPS) is 17.9. The number of amides is 2. The maximum absolute atomic E-state index is 13.7. The van der Waals surface area contributed by atoms with Gasteiger partial charge in [0.05, 0.1) is 22.2 Å². The van der Waals surface area contributed by atoms with Crippen molar-refractivity contribution in [2.75, 3.05) is 10.6 Å². The van der Waals surface area contributed by atoms with Crippen molar-refractivity contribution in [2.24, 2.45) is 5.92 Å². The summed E-state index contributed by atoms with van der Waals surface area (Å²) in [5.41, 5.74) is 0.604. The van der Waals surface area contributed by atoms with E-state index in [0.29, 0.717) is 15.6 Å². The fourth-order valence-corrected chi connectivity index (χ4v) is 5.43. The Morgan fingerprint density at radius 2 is 1.56 bits per heavy atom. The first kappa shape index (κ1) is 26.7. The second kappa shape index (κ2) is 10.2. The van der Waals surface area contributed by atoms with Gasteiger partial charge in [-0.25, -0.2) is 8.78 Å². The molecule has 186 valence electrons. The molecule has 0 unspecified atom stereocenters. The van der Waals surface area contributed by atoms with Crippen LogP contribution in [0.1, 0.15) is 27.4 Å². The van der Waals surface area contributed by atoms with Crippen molar-refractivity contribution in [3.63, 3.8) is 0 Å². The number of alkyl halides is 2. The Bertz CT molecular complexity index is 1390. The number of halogens is 7. The zero-order valence-corrected chi connectivity index (χ0v) is 21.8. The largest absolute Gasteiger partial charge is 0.326 e. The molecule has 2 amide bonds. The summed E-state index contributed by atoms with van der Waals surface area (Å²) in [6.07, 6.45) is 0. The molecule has 0 spiro atoms. The topological polar surface area (TPSA) is 58.2 Å². The number of benzene rings is 3. The molecule has 2 N–H and O–H groups in total. The Morgan fingerprint density at radius 3 is 2.19 bits per heavy atom. The van der Waals surface area contributed by atoms with Crippen LogP contribution in [0.4, 0.5) is 20.2 Å². The average molecular weight is 591 g/mol. The van der Waals surface area contributed by atoms with Gasteiger partial charge in [-0.05, 0) is 60.2 Å². The third-order valence-electron chi connectivity index (χ3n) is 5.58. The van der Waals surface area contributed by atoms with E-state index in [1.165, 1.54) is 24.3 Å². The number of carbonyl (C=O) groups is 2. The highest BCUT2D eigenvalue weighted by atomic mass is 35.5. The van der Waals surface area contributed by atoms with Gasteiger partial charge in [0.1, 0.15) is 16.0 Å². The molecule has 0 radical (unpaired) electrons. The van der Waals surface area contributed by atoms with Crippen molar-refractivity contribution < 1.29 is 18.4 Å². The molecule has 1 aliphatic rings. The molecule has 4 rings (SSSR count).